The van der Waals surface area contributed by atoms with E-state index in [9.17, 15) is 14.0 Å². The van der Waals surface area contributed by atoms with Crippen LogP contribution in [-0.4, -0.2) is 29.6 Å². The summed E-state index contributed by atoms with van der Waals surface area (Å²) in [6, 6.07) is 5.39. The molecular formula is C16H19FN2O3. The molecule has 1 atom stereocenters. The molecule has 0 bridgehead atoms. The number of rotatable bonds is 4. The highest BCUT2D eigenvalue weighted by Gasteiger charge is 2.26. The summed E-state index contributed by atoms with van der Waals surface area (Å²) in [5.41, 5.74) is 0.902. The van der Waals surface area contributed by atoms with Crippen molar-refractivity contribution in [1.29, 1.82) is 0 Å². The Hall–Kier alpha value is -2.37. The summed E-state index contributed by atoms with van der Waals surface area (Å²) in [4.78, 5) is 24.1. The standard InChI is InChI=1S/C16H19FN2O3/c1-9(2)14(16(21)22-4)18-15(20)13-8-10-11(17)6-5-7-12(10)19(13)3/h5-9,14H,1-4H3,(H,18,20). The maximum atomic E-state index is 13.8. The van der Waals surface area contributed by atoms with Crippen LogP contribution in [0, 0.1) is 11.7 Å². The monoisotopic (exact) mass is 306 g/mol. The molecule has 6 heteroatoms. The lowest BCUT2D eigenvalue weighted by Crippen LogP contribution is -2.45. The number of hydrogen-bond donors (Lipinski definition) is 1. The fourth-order valence-corrected chi connectivity index (χ4v) is 2.38. The van der Waals surface area contributed by atoms with Gasteiger partial charge >= 0.3 is 5.97 Å². The van der Waals surface area contributed by atoms with Gasteiger partial charge in [-0.15, -0.1) is 0 Å². The summed E-state index contributed by atoms with van der Waals surface area (Å²) in [6.45, 7) is 3.62. The fourth-order valence-electron chi connectivity index (χ4n) is 2.38. The van der Waals surface area contributed by atoms with Gasteiger partial charge < -0.3 is 14.6 Å². The highest BCUT2D eigenvalue weighted by Crippen LogP contribution is 2.21. The molecule has 0 saturated heterocycles. The number of amides is 1. The van der Waals surface area contributed by atoms with Crippen LogP contribution in [0.15, 0.2) is 24.3 Å². The number of halogens is 1. The first-order valence-corrected chi connectivity index (χ1v) is 6.99. The lowest BCUT2D eigenvalue weighted by Gasteiger charge is -2.19. The lowest BCUT2D eigenvalue weighted by atomic mass is 10.0. The first-order valence-electron chi connectivity index (χ1n) is 6.99. The molecule has 0 aliphatic heterocycles. The van der Waals surface area contributed by atoms with E-state index in [1.807, 2.05) is 13.8 Å². The van der Waals surface area contributed by atoms with Crippen molar-refractivity contribution in [3.63, 3.8) is 0 Å². The Bertz CT molecular complexity index is 721. The topological polar surface area (TPSA) is 60.3 Å². The number of carbonyl (C=O) groups is 2. The number of ether oxygens (including phenoxy) is 1. The molecule has 1 unspecified atom stereocenters. The molecule has 2 aromatic rings. The molecule has 1 N–H and O–H groups in total. The maximum absolute atomic E-state index is 13.8. The molecule has 118 valence electrons. The Kier molecular flexibility index (Phi) is 4.49. The molecule has 1 heterocycles. The van der Waals surface area contributed by atoms with Gasteiger partial charge in [0, 0.05) is 12.4 Å². The SMILES string of the molecule is COC(=O)C(NC(=O)c1cc2c(F)cccc2n1C)C(C)C. The molecular weight excluding hydrogens is 287 g/mol. The van der Waals surface area contributed by atoms with E-state index in [0.29, 0.717) is 10.9 Å². The smallest absolute Gasteiger partial charge is 0.328 e. The van der Waals surface area contributed by atoms with Crippen molar-refractivity contribution in [2.75, 3.05) is 7.11 Å². The molecule has 0 radical (unpaired) electrons. The zero-order valence-electron chi connectivity index (χ0n) is 13.0. The number of esters is 1. The van der Waals surface area contributed by atoms with Crippen molar-refractivity contribution in [3.8, 4) is 0 Å². The molecule has 5 nitrogen and oxygen atoms in total. The van der Waals surface area contributed by atoms with Crippen molar-refractivity contribution in [2.24, 2.45) is 13.0 Å². The Morgan fingerprint density at radius 3 is 2.55 bits per heavy atom. The number of carbonyl (C=O) groups excluding carboxylic acids is 2. The number of aryl methyl sites for hydroxylation is 1. The van der Waals surface area contributed by atoms with Crippen molar-refractivity contribution >= 4 is 22.8 Å². The van der Waals surface area contributed by atoms with E-state index in [1.165, 1.54) is 19.2 Å². The molecule has 0 spiro atoms. The molecule has 0 aliphatic rings. The first kappa shape index (κ1) is 16.0. The van der Waals surface area contributed by atoms with Gasteiger partial charge in [0.2, 0.25) is 0 Å². The average molecular weight is 306 g/mol. The Morgan fingerprint density at radius 1 is 1.32 bits per heavy atom. The summed E-state index contributed by atoms with van der Waals surface area (Å²) in [5, 5.41) is 3.02. The zero-order chi connectivity index (χ0) is 16.4. The number of nitrogens with one attached hydrogen (secondary N) is 1. The minimum atomic E-state index is -0.750. The highest BCUT2D eigenvalue weighted by atomic mass is 19.1. The average Bonchev–Trinajstić information content (AvgIpc) is 2.82. The number of fused-ring (bicyclic) bond motifs is 1. The van der Waals surface area contributed by atoms with E-state index in [2.05, 4.69) is 5.32 Å². The van der Waals surface area contributed by atoms with Gasteiger partial charge in [-0.2, -0.15) is 0 Å². The number of methoxy groups -OCH3 is 1. The summed E-state index contributed by atoms with van der Waals surface area (Å²) in [7, 11) is 2.95. The van der Waals surface area contributed by atoms with Crippen LogP contribution in [0.1, 0.15) is 24.3 Å². The van der Waals surface area contributed by atoms with E-state index >= 15 is 0 Å². The second-order valence-corrected chi connectivity index (χ2v) is 5.48. The van der Waals surface area contributed by atoms with E-state index < -0.39 is 17.9 Å². The second kappa shape index (κ2) is 6.17. The molecule has 0 saturated carbocycles. The van der Waals surface area contributed by atoms with Crippen molar-refractivity contribution in [2.45, 2.75) is 19.9 Å². The largest absolute Gasteiger partial charge is 0.467 e. The minimum Gasteiger partial charge on any atom is -0.467 e. The quantitative estimate of drug-likeness (QED) is 0.881. The predicted octanol–water partition coefficient (Wildman–Crippen LogP) is 2.24. The summed E-state index contributed by atoms with van der Waals surface area (Å²) >= 11 is 0. The van der Waals surface area contributed by atoms with Crippen LogP contribution in [0.3, 0.4) is 0 Å². The maximum Gasteiger partial charge on any atom is 0.328 e. The molecule has 0 fully saturated rings. The minimum absolute atomic E-state index is 0.122. The summed E-state index contributed by atoms with van der Waals surface area (Å²) in [6.07, 6.45) is 0. The number of aromatic nitrogens is 1. The van der Waals surface area contributed by atoms with Gasteiger partial charge in [-0.05, 0) is 24.1 Å². The molecule has 2 rings (SSSR count). The predicted molar refractivity (Wildman–Crippen MR) is 81.0 cm³/mol. The number of benzene rings is 1. The molecule has 0 aliphatic carbocycles. The molecule has 22 heavy (non-hydrogen) atoms. The van der Waals surface area contributed by atoms with Crippen LogP contribution < -0.4 is 5.32 Å². The van der Waals surface area contributed by atoms with Crippen LogP contribution in [0.4, 0.5) is 4.39 Å². The molecule has 1 aromatic heterocycles. The van der Waals surface area contributed by atoms with Gasteiger partial charge in [-0.25, -0.2) is 9.18 Å². The zero-order valence-corrected chi connectivity index (χ0v) is 13.0. The van der Waals surface area contributed by atoms with E-state index in [-0.39, 0.29) is 17.4 Å². The van der Waals surface area contributed by atoms with Crippen LogP contribution in [0.5, 0.6) is 0 Å². The van der Waals surface area contributed by atoms with Gasteiger partial charge in [-0.1, -0.05) is 19.9 Å². The Balaban J connectivity index is 2.35. The van der Waals surface area contributed by atoms with Crippen LogP contribution in [0.25, 0.3) is 10.9 Å². The van der Waals surface area contributed by atoms with Gasteiger partial charge in [0.15, 0.2) is 0 Å². The van der Waals surface area contributed by atoms with Crippen LogP contribution >= 0.6 is 0 Å². The number of nitrogens with zero attached hydrogens (tertiary/aromatic N) is 1. The van der Waals surface area contributed by atoms with Crippen molar-refractivity contribution < 1.29 is 18.7 Å². The van der Waals surface area contributed by atoms with Gasteiger partial charge in [0.05, 0.1) is 12.6 Å². The fraction of sp³-hybridized carbons (Fsp3) is 0.375. The van der Waals surface area contributed by atoms with E-state index in [1.54, 1.807) is 23.7 Å². The third-order valence-electron chi connectivity index (χ3n) is 3.67. The lowest BCUT2D eigenvalue weighted by molar-refractivity contribution is -0.144. The number of hydrogen-bond acceptors (Lipinski definition) is 3. The van der Waals surface area contributed by atoms with Crippen molar-refractivity contribution in [1.82, 2.24) is 9.88 Å². The summed E-state index contributed by atoms with van der Waals surface area (Å²) < 4.78 is 20.1. The Morgan fingerprint density at radius 2 is 2.00 bits per heavy atom. The molecule has 1 amide bonds. The first-order chi connectivity index (χ1) is 10.4. The normalized spacial score (nSPS) is 12.5. The Labute approximate surface area is 128 Å². The third-order valence-corrected chi connectivity index (χ3v) is 3.67. The van der Waals surface area contributed by atoms with Crippen LogP contribution in [0.2, 0.25) is 0 Å². The van der Waals surface area contributed by atoms with Crippen molar-refractivity contribution in [3.05, 3.63) is 35.8 Å². The van der Waals surface area contributed by atoms with Crippen LogP contribution in [-0.2, 0) is 16.6 Å². The third kappa shape index (κ3) is 2.81. The van der Waals surface area contributed by atoms with Gasteiger partial charge in [-0.3, -0.25) is 4.79 Å². The summed E-state index contributed by atoms with van der Waals surface area (Å²) in [5.74, 6) is -1.46. The van der Waals surface area contributed by atoms with Gasteiger partial charge in [0.25, 0.3) is 5.91 Å². The molecule has 1 aromatic carbocycles. The second-order valence-electron chi connectivity index (χ2n) is 5.48. The van der Waals surface area contributed by atoms with E-state index in [0.717, 1.165) is 0 Å². The van der Waals surface area contributed by atoms with E-state index in [4.69, 9.17) is 4.74 Å². The van der Waals surface area contributed by atoms with Gasteiger partial charge in [0.1, 0.15) is 17.6 Å². The highest BCUT2D eigenvalue weighted by molar-refractivity contribution is 6.00.